The molecule has 4 rings (SSSR count). The predicted octanol–water partition coefficient (Wildman–Crippen LogP) is 4.45. The summed E-state index contributed by atoms with van der Waals surface area (Å²) in [5.74, 6) is -0.0998. The van der Waals surface area contributed by atoms with E-state index in [0.29, 0.717) is 24.3 Å². The number of anilines is 1. The van der Waals surface area contributed by atoms with Crippen molar-refractivity contribution in [1.82, 2.24) is 5.32 Å². The van der Waals surface area contributed by atoms with Gasteiger partial charge in [0.25, 0.3) is 15.9 Å². The minimum absolute atomic E-state index is 0.0998. The number of hydrogen-bond donors (Lipinski definition) is 1. The Balaban J connectivity index is 1.48. The maximum absolute atomic E-state index is 13.1. The van der Waals surface area contributed by atoms with Crippen LogP contribution in [0.1, 0.15) is 54.4 Å². The van der Waals surface area contributed by atoms with Crippen LogP contribution in [-0.4, -0.2) is 27.4 Å². The van der Waals surface area contributed by atoms with E-state index in [2.05, 4.69) is 11.4 Å². The molecule has 0 saturated carbocycles. The number of fused-ring (bicyclic) bond motifs is 1. The van der Waals surface area contributed by atoms with Gasteiger partial charge in [0.15, 0.2) is 0 Å². The highest BCUT2D eigenvalue weighted by molar-refractivity contribution is 7.92. The third-order valence-corrected chi connectivity index (χ3v) is 7.69. The van der Waals surface area contributed by atoms with Gasteiger partial charge in [0.1, 0.15) is 0 Å². The SMILES string of the molecule is O=C(NCCC1=CCCCC1)c1ccc2c(c1)CCCN2S(=O)(=O)c1ccccc1. The molecule has 1 amide bonds. The molecule has 0 radical (unpaired) electrons. The van der Waals surface area contributed by atoms with Gasteiger partial charge in [-0.05, 0) is 80.8 Å². The Kier molecular flexibility index (Phi) is 6.23. The Morgan fingerprint density at radius 3 is 2.60 bits per heavy atom. The largest absolute Gasteiger partial charge is 0.352 e. The van der Waals surface area contributed by atoms with Crippen LogP contribution in [0.15, 0.2) is 65.1 Å². The quantitative estimate of drug-likeness (QED) is 0.697. The van der Waals surface area contributed by atoms with Gasteiger partial charge in [-0.1, -0.05) is 29.8 Å². The Hall–Kier alpha value is -2.60. The van der Waals surface area contributed by atoms with E-state index < -0.39 is 10.0 Å². The van der Waals surface area contributed by atoms with Crippen molar-refractivity contribution in [1.29, 1.82) is 0 Å². The Morgan fingerprint density at radius 1 is 1.00 bits per heavy atom. The molecule has 0 fully saturated rings. The molecule has 0 bridgehead atoms. The molecule has 2 aromatic rings. The first-order chi connectivity index (χ1) is 14.6. The first kappa shape index (κ1) is 20.7. The Labute approximate surface area is 178 Å². The highest BCUT2D eigenvalue weighted by atomic mass is 32.2. The number of amides is 1. The minimum atomic E-state index is -3.61. The molecule has 1 N–H and O–H groups in total. The summed E-state index contributed by atoms with van der Waals surface area (Å²) >= 11 is 0. The summed E-state index contributed by atoms with van der Waals surface area (Å²) in [6, 6.07) is 13.8. The van der Waals surface area contributed by atoms with Crippen LogP contribution in [0.2, 0.25) is 0 Å². The highest BCUT2D eigenvalue weighted by Gasteiger charge is 2.29. The molecule has 30 heavy (non-hydrogen) atoms. The molecule has 2 aliphatic rings. The van der Waals surface area contributed by atoms with Crippen LogP contribution in [-0.2, 0) is 16.4 Å². The summed E-state index contributed by atoms with van der Waals surface area (Å²) in [7, 11) is -3.61. The second-order valence-corrected chi connectivity index (χ2v) is 9.81. The van der Waals surface area contributed by atoms with Crippen LogP contribution >= 0.6 is 0 Å². The maximum atomic E-state index is 13.1. The van der Waals surface area contributed by atoms with Gasteiger partial charge in [-0.3, -0.25) is 9.10 Å². The number of nitrogens with one attached hydrogen (secondary N) is 1. The Morgan fingerprint density at radius 2 is 1.83 bits per heavy atom. The molecule has 0 spiro atoms. The number of carbonyl (C=O) groups excluding carboxylic acids is 1. The third kappa shape index (κ3) is 4.43. The van der Waals surface area contributed by atoms with E-state index in [1.54, 1.807) is 42.5 Å². The maximum Gasteiger partial charge on any atom is 0.264 e. The van der Waals surface area contributed by atoms with Gasteiger partial charge >= 0.3 is 0 Å². The molecule has 0 unspecified atom stereocenters. The molecule has 5 nitrogen and oxygen atoms in total. The summed E-state index contributed by atoms with van der Waals surface area (Å²) in [6.07, 6.45) is 9.50. The van der Waals surface area contributed by atoms with E-state index in [4.69, 9.17) is 0 Å². The summed E-state index contributed by atoms with van der Waals surface area (Å²) in [4.78, 5) is 12.9. The summed E-state index contributed by atoms with van der Waals surface area (Å²) < 4.78 is 27.7. The van der Waals surface area contributed by atoms with Crippen molar-refractivity contribution in [3.8, 4) is 0 Å². The molecular weight excluding hydrogens is 396 g/mol. The number of sulfonamides is 1. The van der Waals surface area contributed by atoms with Crippen molar-refractivity contribution in [3.05, 3.63) is 71.3 Å². The number of benzene rings is 2. The van der Waals surface area contributed by atoms with Gasteiger partial charge in [0, 0.05) is 18.7 Å². The van der Waals surface area contributed by atoms with Gasteiger partial charge in [0.2, 0.25) is 0 Å². The minimum Gasteiger partial charge on any atom is -0.352 e. The molecule has 0 atom stereocenters. The van der Waals surface area contributed by atoms with Crippen LogP contribution in [0.4, 0.5) is 5.69 Å². The van der Waals surface area contributed by atoms with Crippen molar-refractivity contribution in [2.75, 3.05) is 17.4 Å². The fraction of sp³-hybridized carbons (Fsp3) is 0.375. The molecule has 0 saturated heterocycles. The zero-order valence-corrected chi connectivity index (χ0v) is 18.0. The zero-order valence-electron chi connectivity index (χ0n) is 17.1. The normalized spacial score (nSPS) is 16.5. The van der Waals surface area contributed by atoms with E-state index in [1.807, 2.05) is 6.07 Å². The molecule has 2 aromatic carbocycles. The monoisotopic (exact) mass is 424 g/mol. The molecule has 0 aromatic heterocycles. The fourth-order valence-electron chi connectivity index (χ4n) is 4.24. The predicted molar refractivity (Wildman–Crippen MR) is 119 cm³/mol. The van der Waals surface area contributed by atoms with E-state index in [0.717, 1.165) is 37.7 Å². The zero-order chi connectivity index (χ0) is 21.0. The van der Waals surface area contributed by atoms with Crippen LogP contribution in [0.25, 0.3) is 0 Å². The smallest absolute Gasteiger partial charge is 0.264 e. The molecule has 1 aliphatic heterocycles. The second-order valence-electron chi connectivity index (χ2n) is 7.95. The number of carbonyl (C=O) groups is 1. The van der Waals surface area contributed by atoms with Gasteiger partial charge < -0.3 is 5.32 Å². The highest BCUT2D eigenvalue weighted by Crippen LogP contribution is 2.32. The van der Waals surface area contributed by atoms with Crippen LogP contribution in [0, 0.1) is 0 Å². The van der Waals surface area contributed by atoms with Crippen LogP contribution in [0.5, 0.6) is 0 Å². The summed E-state index contributed by atoms with van der Waals surface area (Å²) in [5, 5.41) is 3.01. The number of hydrogen-bond acceptors (Lipinski definition) is 3. The standard InChI is InChI=1S/C24H28N2O3S/c27-24(25-16-15-19-8-3-1-4-9-19)21-13-14-23-20(18-21)10-7-17-26(23)30(28,29)22-11-5-2-6-12-22/h2,5-6,8,11-14,18H,1,3-4,7,9-10,15-17H2,(H,25,27). The van der Waals surface area contributed by atoms with Crippen molar-refractivity contribution in [3.63, 3.8) is 0 Å². The summed E-state index contributed by atoms with van der Waals surface area (Å²) in [5.41, 5.74) is 3.61. The van der Waals surface area contributed by atoms with Crippen molar-refractivity contribution >= 4 is 21.6 Å². The van der Waals surface area contributed by atoms with Gasteiger partial charge in [-0.15, -0.1) is 0 Å². The lowest BCUT2D eigenvalue weighted by Crippen LogP contribution is -2.35. The molecule has 1 aliphatic carbocycles. The van der Waals surface area contributed by atoms with Crippen molar-refractivity contribution in [2.24, 2.45) is 0 Å². The molecule has 1 heterocycles. The average molecular weight is 425 g/mol. The van der Waals surface area contributed by atoms with E-state index >= 15 is 0 Å². The first-order valence-corrected chi connectivity index (χ1v) is 12.2. The van der Waals surface area contributed by atoms with Crippen molar-refractivity contribution < 1.29 is 13.2 Å². The first-order valence-electron chi connectivity index (χ1n) is 10.7. The molecular formula is C24H28N2O3S. The number of nitrogens with zero attached hydrogens (tertiary/aromatic N) is 1. The van der Waals surface area contributed by atoms with Crippen LogP contribution in [0.3, 0.4) is 0 Å². The Bertz CT molecular complexity index is 1050. The second kappa shape index (κ2) is 9.04. The van der Waals surface area contributed by atoms with Gasteiger partial charge in [-0.2, -0.15) is 0 Å². The number of allylic oxidation sites excluding steroid dienone is 1. The van der Waals surface area contributed by atoms with Gasteiger partial charge in [0.05, 0.1) is 10.6 Å². The van der Waals surface area contributed by atoms with Crippen molar-refractivity contribution in [2.45, 2.75) is 49.8 Å². The molecule has 6 heteroatoms. The average Bonchev–Trinajstić information content (AvgIpc) is 2.79. The van der Waals surface area contributed by atoms with E-state index in [-0.39, 0.29) is 10.8 Å². The number of aryl methyl sites for hydroxylation is 1. The lowest BCUT2D eigenvalue weighted by Gasteiger charge is -2.30. The topological polar surface area (TPSA) is 66.5 Å². The van der Waals surface area contributed by atoms with Crippen LogP contribution < -0.4 is 9.62 Å². The van der Waals surface area contributed by atoms with Gasteiger partial charge in [-0.25, -0.2) is 8.42 Å². The third-order valence-electron chi connectivity index (χ3n) is 5.87. The lowest BCUT2D eigenvalue weighted by molar-refractivity contribution is 0.0954. The summed E-state index contributed by atoms with van der Waals surface area (Å²) in [6.45, 7) is 1.08. The molecule has 158 valence electrons. The number of rotatable bonds is 6. The van der Waals surface area contributed by atoms with E-state index in [9.17, 15) is 13.2 Å². The van der Waals surface area contributed by atoms with E-state index in [1.165, 1.54) is 22.7 Å². The fourth-order valence-corrected chi connectivity index (χ4v) is 5.81. The lowest BCUT2D eigenvalue weighted by atomic mass is 9.97.